The average molecular weight is 254 g/mol. The van der Waals surface area contributed by atoms with E-state index < -0.39 is 5.60 Å². The Labute approximate surface area is 108 Å². The van der Waals surface area contributed by atoms with Crippen LogP contribution in [0.1, 0.15) is 20.3 Å². The number of hydrogen-bond donors (Lipinski definition) is 1. The Morgan fingerprint density at radius 2 is 1.89 bits per heavy atom. The van der Waals surface area contributed by atoms with Crippen LogP contribution in [0.2, 0.25) is 0 Å². The third-order valence-electron chi connectivity index (χ3n) is 2.88. The van der Waals surface area contributed by atoms with Gasteiger partial charge in [-0.3, -0.25) is 0 Å². The Bertz CT molecular complexity index is 313. The highest BCUT2D eigenvalue weighted by Crippen LogP contribution is 2.21. The van der Waals surface area contributed by atoms with E-state index in [2.05, 4.69) is 0 Å². The summed E-state index contributed by atoms with van der Waals surface area (Å²) in [6.07, 6.45) is 7.30. The minimum atomic E-state index is -0.598. The van der Waals surface area contributed by atoms with Gasteiger partial charge in [0.2, 0.25) is 0 Å². The molecule has 3 atom stereocenters. The first-order valence-corrected chi connectivity index (χ1v) is 6.43. The van der Waals surface area contributed by atoms with Gasteiger partial charge in [0.15, 0.2) is 0 Å². The fourth-order valence-electron chi connectivity index (χ4n) is 1.76. The van der Waals surface area contributed by atoms with E-state index in [1.807, 2.05) is 32.1 Å². The van der Waals surface area contributed by atoms with Crippen LogP contribution in [0, 0.1) is 0 Å². The van der Waals surface area contributed by atoms with Gasteiger partial charge in [-0.05, 0) is 13.8 Å². The summed E-state index contributed by atoms with van der Waals surface area (Å²) in [5.41, 5.74) is 0.640. The highest BCUT2D eigenvalue weighted by molar-refractivity contribution is 5.22. The predicted octanol–water partition coefficient (Wildman–Crippen LogP) is 1.44. The molecule has 0 aromatic carbocycles. The lowest BCUT2D eigenvalue weighted by atomic mass is 9.93. The number of hydrogen-bond acceptors (Lipinski definition) is 4. The molecule has 1 N–H and O–H groups in total. The molecule has 0 aromatic rings. The highest BCUT2D eigenvalue weighted by atomic mass is 16.6. The van der Waals surface area contributed by atoms with Crippen molar-refractivity contribution in [2.24, 2.45) is 0 Å². The summed E-state index contributed by atoms with van der Waals surface area (Å²) in [4.78, 5) is 0. The lowest BCUT2D eigenvalue weighted by molar-refractivity contribution is 0.102. The molecule has 2 aliphatic heterocycles. The largest absolute Gasteiger partial charge is 0.386 e. The summed E-state index contributed by atoms with van der Waals surface area (Å²) in [6, 6.07) is 0. The normalized spacial score (nSPS) is 36.5. The van der Waals surface area contributed by atoms with E-state index in [1.54, 1.807) is 0 Å². The van der Waals surface area contributed by atoms with E-state index in [0.717, 1.165) is 32.8 Å². The van der Waals surface area contributed by atoms with Gasteiger partial charge in [-0.15, -0.1) is 0 Å². The zero-order valence-corrected chi connectivity index (χ0v) is 11.1. The van der Waals surface area contributed by atoms with Gasteiger partial charge < -0.3 is 19.3 Å². The molecule has 0 bridgehead atoms. The molecule has 102 valence electrons. The summed E-state index contributed by atoms with van der Waals surface area (Å²) in [6.45, 7) is 7.11. The van der Waals surface area contributed by atoms with Crippen LogP contribution in [0.3, 0.4) is 0 Å². The molecule has 4 heteroatoms. The van der Waals surface area contributed by atoms with Gasteiger partial charge in [-0.2, -0.15) is 0 Å². The first-order valence-electron chi connectivity index (χ1n) is 6.43. The molecule has 0 saturated carbocycles. The first kappa shape index (κ1) is 13.7. The smallest absolute Gasteiger partial charge is 0.104 e. The Morgan fingerprint density at radius 3 is 2.22 bits per heavy atom. The number of aliphatic hydroxyl groups is 1. The molecule has 3 aliphatic rings. The molecule has 18 heavy (non-hydrogen) atoms. The van der Waals surface area contributed by atoms with E-state index in [9.17, 15) is 5.11 Å². The van der Waals surface area contributed by atoms with Crippen molar-refractivity contribution in [2.45, 2.75) is 38.1 Å². The molecule has 0 spiro atoms. The molecule has 3 rings (SSSR count). The van der Waals surface area contributed by atoms with Crippen LogP contribution in [0.4, 0.5) is 0 Å². The molecule has 0 amide bonds. The zero-order valence-electron chi connectivity index (χ0n) is 11.1. The second-order valence-corrected chi connectivity index (χ2v) is 5.35. The summed E-state index contributed by atoms with van der Waals surface area (Å²) >= 11 is 0. The van der Waals surface area contributed by atoms with Crippen molar-refractivity contribution >= 4 is 0 Å². The van der Waals surface area contributed by atoms with Crippen LogP contribution in [-0.4, -0.2) is 49.3 Å². The lowest BCUT2D eigenvalue weighted by Crippen LogP contribution is -2.22. The van der Waals surface area contributed by atoms with Crippen LogP contribution in [0.5, 0.6) is 0 Å². The van der Waals surface area contributed by atoms with E-state index in [4.69, 9.17) is 14.2 Å². The SMILES string of the molecule is C(OCC1CO1)C1CO1.CC1=CC=CC(C)(O)C1. The van der Waals surface area contributed by atoms with Crippen LogP contribution < -0.4 is 0 Å². The fourth-order valence-corrected chi connectivity index (χ4v) is 1.76. The number of epoxide rings is 2. The maximum Gasteiger partial charge on any atom is 0.104 e. The maximum atomic E-state index is 9.42. The Hall–Kier alpha value is -0.680. The first-order chi connectivity index (χ1) is 8.55. The maximum absolute atomic E-state index is 9.42. The van der Waals surface area contributed by atoms with Crippen LogP contribution in [0.25, 0.3) is 0 Å². The molecule has 1 aliphatic carbocycles. The number of allylic oxidation sites excluding steroid dienone is 2. The summed E-state index contributed by atoms with van der Waals surface area (Å²) in [5, 5.41) is 9.42. The topological polar surface area (TPSA) is 54.5 Å². The molecule has 2 heterocycles. The Balaban J connectivity index is 0.000000134. The molecule has 0 radical (unpaired) electrons. The van der Waals surface area contributed by atoms with Crippen LogP contribution in [-0.2, 0) is 14.2 Å². The third kappa shape index (κ3) is 5.78. The lowest BCUT2D eigenvalue weighted by Gasteiger charge is -2.21. The summed E-state index contributed by atoms with van der Waals surface area (Å²) in [7, 11) is 0. The quantitative estimate of drug-likeness (QED) is 0.771. The average Bonchev–Trinajstić information content (AvgIpc) is 3.11. The molecule has 4 nitrogen and oxygen atoms in total. The standard InChI is InChI=1S/C8H12O.C6H10O3/c1-7-4-3-5-8(2,9)6-7;1(5-3-8-5)7-2-6-4-9-6/h3-5,9H,6H2,1-2H3;5-6H,1-4H2. The number of ether oxygens (including phenoxy) is 3. The van der Waals surface area contributed by atoms with E-state index >= 15 is 0 Å². The van der Waals surface area contributed by atoms with Crippen molar-refractivity contribution in [2.75, 3.05) is 26.4 Å². The molecule has 2 saturated heterocycles. The van der Waals surface area contributed by atoms with Gasteiger partial charge in [0.25, 0.3) is 0 Å². The fraction of sp³-hybridized carbons (Fsp3) is 0.714. The molecule has 3 unspecified atom stereocenters. The third-order valence-corrected chi connectivity index (χ3v) is 2.88. The molecule has 2 fully saturated rings. The minimum absolute atomic E-state index is 0.392. The van der Waals surface area contributed by atoms with E-state index in [-0.39, 0.29) is 0 Å². The van der Waals surface area contributed by atoms with E-state index in [0.29, 0.717) is 12.2 Å². The second-order valence-electron chi connectivity index (χ2n) is 5.35. The highest BCUT2D eigenvalue weighted by Gasteiger charge is 2.26. The second kappa shape index (κ2) is 5.97. The van der Waals surface area contributed by atoms with Gasteiger partial charge in [-0.25, -0.2) is 0 Å². The van der Waals surface area contributed by atoms with Gasteiger partial charge in [0.1, 0.15) is 12.2 Å². The van der Waals surface area contributed by atoms with Crippen molar-refractivity contribution < 1.29 is 19.3 Å². The molecular formula is C14H22O4. The number of rotatable bonds is 4. The summed E-state index contributed by atoms with van der Waals surface area (Å²) < 4.78 is 15.1. The van der Waals surface area contributed by atoms with Crippen LogP contribution in [0.15, 0.2) is 23.8 Å². The van der Waals surface area contributed by atoms with Crippen molar-refractivity contribution in [3.05, 3.63) is 23.8 Å². The minimum Gasteiger partial charge on any atom is -0.386 e. The van der Waals surface area contributed by atoms with Crippen molar-refractivity contribution in [1.29, 1.82) is 0 Å². The summed E-state index contributed by atoms with van der Waals surface area (Å²) in [5.74, 6) is 0. The monoisotopic (exact) mass is 254 g/mol. The van der Waals surface area contributed by atoms with Gasteiger partial charge in [-0.1, -0.05) is 23.8 Å². The van der Waals surface area contributed by atoms with Crippen molar-refractivity contribution in [1.82, 2.24) is 0 Å². The Kier molecular flexibility index (Phi) is 4.56. The molecular weight excluding hydrogens is 232 g/mol. The Morgan fingerprint density at radius 1 is 1.33 bits per heavy atom. The van der Waals surface area contributed by atoms with Gasteiger partial charge in [0, 0.05) is 6.42 Å². The van der Waals surface area contributed by atoms with Gasteiger partial charge >= 0.3 is 0 Å². The van der Waals surface area contributed by atoms with Gasteiger partial charge in [0.05, 0.1) is 32.0 Å². The van der Waals surface area contributed by atoms with Crippen LogP contribution >= 0.6 is 0 Å². The van der Waals surface area contributed by atoms with E-state index in [1.165, 1.54) is 5.57 Å². The van der Waals surface area contributed by atoms with Crippen molar-refractivity contribution in [3.63, 3.8) is 0 Å². The molecule has 0 aromatic heterocycles. The zero-order chi connectivity index (χ0) is 13.0. The van der Waals surface area contributed by atoms with Crippen molar-refractivity contribution in [3.8, 4) is 0 Å². The predicted molar refractivity (Wildman–Crippen MR) is 68.4 cm³/mol.